The number of sulfone groups is 1. The van der Waals surface area contributed by atoms with Gasteiger partial charge in [0.1, 0.15) is 0 Å². The highest BCUT2D eigenvalue weighted by Gasteiger charge is 2.35. The molecule has 1 aromatic carbocycles. The van der Waals surface area contributed by atoms with Crippen LogP contribution in [0.5, 0.6) is 0 Å². The first-order valence-electron chi connectivity index (χ1n) is 5.22. The molecule has 1 aromatic rings. The van der Waals surface area contributed by atoms with Gasteiger partial charge in [-0.2, -0.15) is 13.2 Å². The Kier molecular flexibility index (Phi) is 3.21. The van der Waals surface area contributed by atoms with Crippen molar-refractivity contribution in [1.82, 2.24) is 0 Å². The van der Waals surface area contributed by atoms with E-state index in [4.69, 9.17) is 5.11 Å². The first kappa shape index (κ1) is 14.3. The molecule has 0 unspecified atom stereocenters. The van der Waals surface area contributed by atoms with Gasteiger partial charge >= 0.3 is 12.1 Å². The lowest BCUT2D eigenvalue weighted by atomic mass is 10.1. The quantitative estimate of drug-likeness (QED) is 0.911. The molecule has 1 aliphatic heterocycles. The van der Waals surface area contributed by atoms with Crippen molar-refractivity contribution in [2.24, 2.45) is 0 Å². The Morgan fingerprint density at radius 1 is 1.15 bits per heavy atom. The zero-order chi connectivity index (χ0) is 15.1. The Morgan fingerprint density at radius 2 is 1.80 bits per heavy atom. The van der Waals surface area contributed by atoms with Gasteiger partial charge in [-0.25, -0.2) is 13.2 Å². The first-order valence-corrected chi connectivity index (χ1v) is 6.70. The second kappa shape index (κ2) is 4.48. The van der Waals surface area contributed by atoms with Gasteiger partial charge in [-0.3, -0.25) is 0 Å². The lowest BCUT2D eigenvalue weighted by Crippen LogP contribution is -2.11. The van der Waals surface area contributed by atoms with Crippen molar-refractivity contribution >= 4 is 20.7 Å². The van der Waals surface area contributed by atoms with Crippen molar-refractivity contribution in [3.05, 3.63) is 52.4 Å². The zero-order valence-corrected chi connectivity index (χ0v) is 10.5. The molecule has 0 bridgehead atoms. The van der Waals surface area contributed by atoms with E-state index in [-0.39, 0.29) is 5.56 Å². The summed E-state index contributed by atoms with van der Waals surface area (Å²) in [5, 5.41) is 8.74. The molecule has 0 spiro atoms. The van der Waals surface area contributed by atoms with Gasteiger partial charge in [0.25, 0.3) is 0 Å². The van der Waals surface area contributed by atoms with Crippen LogP contribution in [-0.4, -0.2) is 19.5 Å². The summed E-state index contributed by atoms with van der Waals surface area (Å²) in [6.07, 6.45) is -2.77. The van der Waals surface area contributed by atoms with Crippen LogP contribution in [-0.2, 0) is 20.8 Å². The van der Waals surface area contributed by atoms with Crippen LogP contribution in [0.2, 0.25) is 0 Å². The third-order valence-corrected chi connectivity index (χ3v) is 4.49. The number of halogens is 3. The maximum atomic E-state index is 12.6. The highest BCUT2D eigenvalue weighted by molar-refractivity contribution is 8.05. The van der Waals surface area contributed by atoms with Gasteiger partial charge in [0, 0.05) is 0 Å². The van der Waals surface area contributed by atoms with E-state index in [9.17, 15) is 26.4 Å². The minimum Gasteiger partial charge on any atom is -0.477 e. The Hall–Kier alpha value is -2.09. The van der Waals surface area contributed by atoms with Gasteiger partial charge < -0.3 is 5.11 Å². The van der Waals surface area contributed by atoms with Crippen LogP contribution in [0.1, 0.15) is 11.1 Å². The SMILES string of the molecule is O=C(O)C1=CC=C(c2cccc(C(F)(F)F)c2)S1(=O)=O. The molecular formula is C12H7F3O4S. The number of carboxylic acids is 1. The predicted octanol–water partition coefficient (Wildman–Crippen LogP) is 2.44. The number of carbonyl (C=O) groups is 1. The van der Waals surface area contributed by atoms with E-state index in [1.165, 1.54) is 6.07 Å². The molecule has 0 amide bonds. The summed E-state index contributed by atoms with van der Waals surface area (Å²) in [7, 11) is -4.29. The smallest absolute Gasteiger partial charge is 0.416 e. The first-order chi connectivity index (χ1) is 9.14. The molecule has 1 N–H and O–H groups in total. The molecule has 1 heterocycles. The van der Waals surface area contributed by atoms with Gasteiger partial charge in [0.05, 0.1) is 10.5 Å². The Labute approximate surface area is 111 Å². The summed E-state index contributed by atoms with van der Waals surface area (Å²) in [5.41, 5.74) is -1.21. The molecule has 2 rings (SSSR count). The lowest BCUT2D eigenvalue weighted by molar-refractivity contribution is -0.137. The average Bonchev–Trinajstić information content (AvgIpc) is 2.63. The van der Waals surface area contributed by atoms with Crippen molar-refractivity contribution in [3.63, 3.8) is 0 Å². The minimum atomic E-state index is -4.61. The lowest BCUT2D eigenvalue weighted by Gasteiger charge is -2.09. The van der Waals surface area contributed by atoms with Crippen LogP contribution in [0.15, 0.2) is 41.3 Å². The summed E-state index contributed by atoms with van der Waals surface area (Å²) in [5.74, 6) is -1.65. The van der Waals surface area contributed by atoms with E-state index in [1.54, 1.807) is 0 Å². The molecule has 106 valence electrons. The van der Waals surface area contributed by atoms with Gasteiger partial charge in [0.15, 0.2) is 4.91 Å². The van der Waals surface area contributed by atoms with Gasteiger partial charge in [0.2, 0.25) is 9.84 Å². The molecule has 4 nitrogen and oxygen atoms in total. The number of allylic oxidation sites excluding steroid dienone is 2. The van der Waals surface area contributed by atoms with Crippen molar-refractivity contribution in [3.8, 4) is 0 Å². The molecule has 0 saturated heterocycles. The fraction of sp³-hybridized carbons (Fsp3) is 0.0833. The summed E-state index contributed by atoms with van der Waals surface area (Å²) in [6.45, 7) is 0. The number of carboxylic acid groups (broad SMARTS) is 1. The van der Waals surface area contributed by atoms with Crippen molar-refractivity contribution < 1.29 is 31.5 Å². The second-order valence-corrected chi connectivity index (χ2v) is 5.84. The molecular weight excluding hydrogens is 297 g/mol. The summed E-state index contributed by atoms with van der Waals surface area (Å²) < 4.78 is 61.5. The van der Waals surface area contributed by atoms with Gasteiger partial charge in [-0.05, 0) is 29.8 Å². The highest BCUT2D eigenvalue weighted by atomic mass is 32.2. The molecule has 0 aliphatic carbocycles. The van der Waals surface area contributed by atoms with E-state index < -0.39 is 37.4 Å². The van der Waals surface area contributed by atoms with Crippen molar-refractivity contribution in [2.75, 3.05) is 0 Å². The Bertz CT molecular complexity index is 742. The third kappa shape index (κ3) is 2.34. The van der Waals surface area contributed by atoms with Crippen LogP contribution in [0, 0.1) is 0 Å². The number of benzene rings is 1. The van der Waals surface area contributed by atoms with Gasteiger partial charge in [-0.15, -0.1) is 0 Å². The Morgan fingerprint density at radius 3 is 2.30 bits per heavy atom. The van der Waals surface area contributed by atoms with Crippen molar-refractivity contribution in [2.45, 2.75) is 6.18 Å². The number of aliphatic carboxylic acids is 1. The van der Waals surface area contributed by atoms with Crippen LogP contribution < -0.4 is 0 Å². The van der Waals surface area contributed by atoms with E-state index in [2.05, 4.69) is 0 Å². The maximum absolute atomic E-state index is 12.6. The molecule has 0 saturated carbocycles. The van der Waals surface area contributed by atoms with E-state index in [0.29, 0.717) is 6.07 Å². The van der Waals surface area contributed by atoms with E-state index in [1.807, 2.05) is 0 Å². The molecule has 20 heavy (non-hydrogen) atoms. The van der Waals surface area contributed by atoms with Crippen LogP contribution in [0.3, 0.4) is 0 Å². The largest absolute Gasteiger partial charge is 0.477 e. The summed E-state index contributed by atoms with van der Waals surface area (Å²) >= 11 is 0. The average molecular weight is 304 g/mol. The van der Waals surface area contributed by atoms with E-state index >= 15 is 0 Å². The topological polar surface area (TPSA) is 71.4 Å². The van der Waals surface area contributed by atoms with Crippen LogP contribution in [0.4, 0.5) is 13.2 Å². The predicted molar refractivity (Wildman–Crippen MR) is 64.1 cm³/mol. The number of alkyl halides is 3. The van der Waals surface area contributed by atoms with E-state index in [0.717, 1.165) is 24.3 Å². The molecule has 1 aliphatic rings. The molecule has 8 heteroatoms. The number of hydrogen-bond acceptors (Lipinski definition) is 3. The van der Waals surface area contributed by atoms with Gasteiger partial charge in [-0.1, -0.05) is 12.1 Å². The van der Waals surface area contributed by atoms with Crippen LogP contribution in [0.25, 0.3) is 4.91 Å². The summed E-state index contributed by atoms with van der Waals surface area (Å²) in [4.78, 5) is 9.45. The zero-order valence-electron chi connectivity index (χ0n) is 9.68. The monoisotopic (exact) mass is 304 g/mol. The van der Waals surface area contributed by atoms with Crippen molar-refractivity contribution in [1.29, 1.82) is 0 Å². The Balaban J connectivity index is 2.49. The number of hydrogen-bond donors (Lipinski definition) is 1. The standard InChI is InChI=1S/C12H7F3O4S/c13-12(14,15)8-3-1-2-7(6-8)9-4-5-10(11(16)17)20(9,18)19/h1-6H,(H,16,17). The molecule has 0 fully saturated rings. The maximum Gasteiger partial charge on any atom is 0.416 e. The molecule has 0 radical (unpaired) electrons. The third-order valence-electron chi connectivity index (χ3n) is 2.65. The molecule has 0 aromatic heterocycles. The fourth-order valence-corrected chi connectivity index (χ4v) is 3.13. The summed E-state index contributed by atoms with van der Waals surface area (Å²) in [6, 6.07) is 3.71. The molecule has 0 atom stereocenters. The minimum absolute atomic E-state index is 0.202. The highest BCUT2D eigenvalue weighted by Crippen LogP contribution is 2.36. The number of rotatable bonds is 2. The van der Waals surface area contributed by atoms with Crippen LogP contribution >= 0.6 is 0 Å². The normalized spacial score (nSPS) is 17.6. The second-order valence-electron chi connectivity index (χ2n) is 3.95. The fourth-order valence-electron chi connectivity index (χ4n) is 1.74.